The van der Waals surface area contributed by atoms with E-state index < -0.39 is 0 Å². The largest absolute Gasteiger partial charge is 0.462 e. The van der Waals surface area contributed by atoms with Crippen molar-refractivity contribution < 1.29 is 9.21 Å². The molecule has 0 amide bonds. The van der Waals surface area contributed by atoms with E-state index in [1.807, 2.05) is 48.5 Å². The summed E-state index contributed by atoms with van der Waals surface area (Å²) in [4.78, 5) is 18.2. The van der Waals surface area contributed by atoms with E-state index in [2.05, 4.69) is 12.1 Å². The summed E-state index contributed by atoms with van der Waals surface area (Å²) >= 11 is 1.62. The highest BCUT2D eigenvalue weighted by atomic mass is 32.1. The maximum atomic E-state index is 13.3. The minimum absolute atomic E-state index is 0.0463. The van der Waals surface area contributed by atoms with Gasteiger partial charge in [-0.15, -0.1) is 11.3 Å². The molecule has 0 spiro atoms. The van der Waals surface area contributed by atoms with Gasteiger partial charge < -0.3 is 4.42 Å². The summed E-state index contributed by atoms with van der Waals surface area (Å²) in [7, 11) is 0. The highest BCUT2D eigenvalue weighted by molar-refractivity contribution is 7.21. The Hall–Kier alpha value is -3.24. The van der Waals surface area contributed by atoms with Crippen LogP contribution < -0.4 is 0 Å². The monoisotopic (exact) mass is 381 g/mol. The molecular formula is C24H15NO2S. The molecule has 0 saturated carbocycles. The maximum absolute atomic E-state index is 13.3. The van der Waals surface area contributed by atoms with Gasteiger partial charge in [-0.2, -0.15) is 0 Å². The predicted molar refractivity (Wildman–Crippen MR) is 112 cm³/mol. The van der Waals surface area contributed by atoms with Gasteiger partial charge in [-0.3, -0.25) is 4.79 Å². The van der Waals surface area contributed by atoms with E-state index in [9.17, 15) is 4.79 Å². The van der Waals surface area contributed by atoms with Crippen molar-refractivity contribution in [3.63, 3.8) is 0 Å². The van der Waals surface area contributed by atoms with Gasteiger partial charge in [-0.05, 0) is 47.6 Å². The van der Waals surface area contributed by atoms with Crippen molar-refractivity contribution in [1.82, 2.24) is 4.98 Å². The molecule has 1 aliphatic carbocycles. The molecule has 4 heteroatoms. The topological polar surface area (TPSA) is 43.1 Å². The highest BCUT2D eigenvalue weighted by Gasteiger charge is 2.24. The Bertz CT molecular complexity index is 1360. The number of nitrogens with zero attached hydrogens (tertiary/aromatic N) is 1. The average molecular weight is 381 g/mol. The number of fused-ring (bicyclic) bond motifs is 2. The number of thiazole rings is 1. The van der Waals surface area contributed by atoms with E-state index >= 15 is 0 Å². The van der Waals surface area contributed by atoms with Crippen molar-refractivity contribution >= 4 is 38.1 Å². The first-order valence-corrected chi connectivity index (χ1v) is 10.1. The van der Waals surface area contributed by atoms with Crippen molar-refractivity contribution in [1.29, 1.82) is 0 Å². The zero-order valence-electron chi connectivity index (χ0n) is 14.9. The lowest BCUT2D eigenvalue weighted by molar-refractivity contribution is 0.104. The van der Waals surface area contributed by atoms with E-state index in [4.69, 9.17) is 9.40 Å². The number of hydrogen-bond donors (Lipinski definition) is 0. The summed E-state index contributed by atoms with van der Waals surface area (Å²) in [5, 5.41) is 3.05. The van der Waals surface area contributed by atoms with E-state index in [-0.39, 0.29) is 5.78 Å². The van der Waals surface area contributed by atoms with Crippen LogP contribution in [-0.2, 0) is 12.8 Å². The van der Waals surface area contributed by atoms with Crippen molar-refractivity contribution in [2.24, 2.45) is 0 Å². The Balaban J connectivity index is 1.69. The highest BCUT2D eigenvalue weighted by Crippen LogP contribution is 2.42. The lowest BCUT2D eigenvalue weighted by atomic mass is 9.94. The number of aromatic nitrogens is 1. The lowest BCUT2D eigenvalue weighted by Crippen LogP contribution is -2.03. The third-order valence-corrected chi connectivity index (χ3v) is 6.50. The second-order valence-corrected chi connectivity index (χ2v) is 8.13. The number of carbonyl (C=O) groups is 1. The van der Waals surface area contributed by atoms with Crippen molar-refractivity contribution in [2.45, 2.75) is 12.8 Å². The molecule has 0 saturated heterocycles. The van der Waals surface area contributed by atoms with Gasteiger partial charge >= 0.3 is 0 Å². The summed E-state index contributed by atoms with van der Waals surface area (Å²) < 4.78 is 6.66. The third kappa shape index (κ3) is 2.21. The molecule has 0 unspecified atom stereocenters. The summed E-state index contributed by atoms with van der Waals surface area (Å²) in [5.41, 5.74) is 4.96. The number of aryl methyl sites for hydroxylation is 2. The summed E-state index contributed by atoms with van der Waals surface area (Å²) in [5.74, 6) is 0.810. The molecule has 2 aromatic heterocycles. The first-order valence-electron chi connectivity index (χ1n) is 9.31. The van der Waals surface area contributed by atoms with Gasteiger partial charge in [0.25, 0.3) is 0 Å². The molecule has 3 nitrogen and oxygen atoms in total. The summed E-state index contributed by atoms with van der Waals surface area (Å²) in [6, 6.07) is 19.6. The van der Waals surface area contributed by atoms with Gasteiger partial charge in [0.1, 0.15) is 0 Å². The van der Waals surface area contributed by atoms with Crippen LogP contribution in [0.5, 0.6) is 0 Å². The van der Waals surface area contributed by atoms with Crippen LogP contribution in [0.3, 0.4) is 0 Å². The van der Waals surface area contributed by atoms with Crippen LogP contribution in [-0.4, -0.2) is 10.8 Å². The van der Waals surface area contributed by atoms with E-state index in [0.717, 1.165) is 44.8 Å². The van der Waals surface area contributed by atoms with Crippen LogP contribution in [0.1, 0.15) is 27.0 Å². The average Bonchev–Trinajstić information content (AvgIpc) is 3.48. The molecule has 5 aromatic rings. The molecule has 0 aliphatic heterocycles. The molecular weight excluding hydrogens is 366 g/mol. The number of hydrogen-bond acceptors (Lipinski definition) is 4. The number of furan rings is 1. The van der Waals surface area contributed by atoms with Crippen molar-refractivity contribution in [3.05, 3.63) is 89.2 Å². The predicted octanol–water partition coefficient (Wildman–Crippen LogP) is 6.04. The van der Waals surface area contributed by atoms with Gasteiger partial charge in [-0.25, -0.2) is 4.98 Å². The minimum atomic E-state index is 0.0463. The molecule has 134 valence electrons. The third-order valence-electron chi connectivity index (χ3n) is 5.48. The van der Waals surface area contributed by atoms with Gasteiger partial charge in [0.05, 0.1) is 16.5 Å². The smallest absolute Gasteiger partial charge is 0.193 e. The first kappa shape index (κ1) is 15.8. The normalized spacial score (nSPS) is 12.9. The SMILES string of the molecule is O=C(c1ccccc1)c1ccc2c3c(cc4sc(-c5ccco5)nc4c13)CC2. The van der Waals surface area contributed by atoms with Crippen LogP contribution in [0, 0.1) is 0 Å². The fraction of sp³-hybridized carbons (Fsp3) is 0.0833. The Labute approximate surface area is 165 Å². The molecule has 28 heavy (non-hydrogen) atoms. The number of rotatable bonds is 3. The van der Waals surface area contributed by atoms with Crippen LogP contribution >= 0.6 is 11.3 Å². The van der Waals surface area contributed by atoms with Crippen molar-refractivity contribution in [2.75, 3.05) is 0 Å². The zero-order valence-corrected chi connectivity index (χ0v) is 15.8. The molecule has 0 atom stereocenters. The Morgan fingerprint density at radius 1 is 0.929 bits per heavy atom. The van der Waals surface area contributed by atoms with Gasteiger partial charge in [-0.1, -0.05) is 42.5 Å². The molecule has 0 N–H and O–H groups in total. The fourth-order valence-corrected chi connectivity index (χ4v) is 5.22. The molecule has 0 fully saturated rings. The zero-order chi connectivity index (χ0) is 18.7. The van der Waals surface area contributed by atoms with E-state index in [0.29, 0.717) is 5.56 Å². The lowest BCUT2D eigenvalue weighted by Gasteiger charge is -2.09. The number of carbonyl (C=O) groups excluding carboxylic acids is 1. The Morgan fingerprint density at radius 3 is 2.61 bits per heavy atom. The number of ketones is 1. The first-order chi connectivity index (χ1) is 13.8. The van der Waals surface area contributed by atoms with Crippen LogP contribution in [0.15, 0.2) is 71.3 Å². The van der Waals surface area contributed by atoms with Crippen molar-refractivity contribution in [3.8, 4) is 10.8 Å². The summed E-state index contributed by atoms with van der Waals surface area (Å²) in [6.45, 7) is 0. The number of benzene rings is 3. The second kappa shape index (κ2) is 5.88. The van der Waals surface area contributed by atoms with E-state index in [1.165, 1.54) is 16.5 Å². The fourth-order valence-electron chi connectivity index (χ4n) is 4.21. The van der Waals surface area contributed by atoms with Crippen LogP contribution in [0.2, 0.25) is 0 Å². The van der Waals surface area contributed by atoms with Crippen LogP contribution in [0.25, 0.3) is 31.8 Å². The standard InChI is InChI=1S/C24H15NO2S/c26-23(15-5-2-1-3-6-15)17-11-10-14-8-9-16-13-19-22(21(17)20(14)16)25-24(28-19)18-7-4-12-27-18/h1-7,10-13H,8-9H2. The van der Waals surface area contributed by atoms with Gasteiger partial charge in [0.15, 0.2) is 16.6 Å². The maximum Gasteiger partial charge on any atom is 0.193 e. The molecule has 1 aliphatic rings. The summed E-state index contributed by atoms with van der Waals surface area (Å²) in [6.07, 6.45) is 3.70. The molecule has 0 radical (unpaired) electrons. The quantitative estimate of drug-likeness (QED) is 0.358. The molecule has 3 aromatic carbocycles. The van der Waals surface area contributed by atoms with E-state index in [1.54, 1.807) is 17.6 Å². The molecule has 2 heterocycles. The Morgan fingerprint density at radius 2 is 1.79 bits per heavy atom. The second-order valence-electron chi connectivity index (χ2n) is 7.10. The minimum Gasteiger partial charge on any atom is -0.462 e. The Kier molecular flexibility index (Phi) is 3.31. The molecule has 0 bridgehead atoms. The van der Waals surface area contributed by atoms with Gasteiger partial charge in [0.2, 0.25) is 0 Å². The molecule has 6 rings (SSSR count). The van der Waals surface area contributed by atoms with Crippen LogP contribution in [0.4, 0.5) is 0 Å². The van der Waals surface area contributed by atoms with Gasteiger partial charge in [0, 0.05) is 16.5 Å².